The van der Waals surface area contributed by atoms with Crippen LogP contribution in [0.4, 0.5) is 10.5 Å². The highest BCUT2D eigenvalue weighted by atomic mass is 35.5. The Morgan fingerprint density at radius 3 is 2.39 bits per heavy atom. The number of imide groups is 2. The van der Waals surface area contributed by atoms with Gasteiger partial charge in [0.2, 0.25) is 0 Å². The van der Waals surface area contributed by atoms with Crippen LogP contribution in [0, 0.1) is 6.92 Å². The lowest BCUT2D eigenvalue weighted by Crippen LogP contribution is -2.54. The molecule has 8 nitrogen and oxygen atoms in total. The highest BCUT2D eigenvalue weighted by Crippen LogP contribution is 2.35. The van der Waals surface area contributed by atoms with Gasteiger partial charge in [0.05, 0.1) is 15.7 Å². The van der Waals surface area contributed by atoms with Crippen LogP contribution in [0.25, 0.3) is 6.08 Å². The van der Waals surface area contributed by atoms with E-state index >= 15 is 0 Å². The summed E-state index contributed by atoms with van der Waals surface area (Å²) in [4.78, 5) is 49.4. The second kappa shape index (κ2) is 8.97. The summed E-state index contributed by atoms with van der Waals surface area (Å²) in [5.41, 5.74) is 5.73. The van der Waals surface area contributed by atoms with Crippen LogP contribution in [0.5, 0.6) is 5.75 Å². The van der Waals surface area contributed by atoms with Gasteiger partial charge in [-0.1, -0.05) is 40.9 Å². The first kappa shape index (κ1) is 22.6. The standard InChI is InChI=1S/C20H14Cl3N3O5/c1-9-12(21)3-2-4-15(9)26-19(29)11(18(28)25-20(26)30)5-10-6-13(22)17(14(23)7-10)31-8-16(24)27/h2-7H,8H2,1H3,(H2,24,27)(H,25,28,30)/b11-5+. The van der Waals surface area contributed by atoms with Gasteiger partial charge in [0.25, 0.3) is 17.7 Å². The molecule has 1 aliphatic heterocycles. The van der Waals surface area contributed by atoms with Crippen molar-refractivity contribution in [3.8, 4) is 5.75 Å². The van der Waals surface area contributed by atoms with Gasteiger partial charge in [-0.2, -0.15) is 0 Å². The number of nitrogens with zero attached hydrogens (tertiary/aromatic N) is 1. The van der Waals surface area contributed by atoms with Crippen LogP contribution >= 0.6 is 34.8 Å². The van der Waals surface area contributed by atoms with Crippen molar-refractivity contribution in [1.29, 1.82) is 0 Å². The summed E-state index contributed by atoms with van der Waals surface area (Å²) in [5.74, 6) is -2.42. The third kappa shape index (κ3) is 4.66. The number of anilines is 1. The van der Waals surface area contributed by atoms with E-state index in [0.717, 1.165) is 4.90 Å². The first-order chi connectivity index (χ1) is 14.6. The lowest BCUT2D eigenvalue weighted by Gasteiger charge is -2.27. The van der Waals surface area contributed by atoms with Gasteiger partial charge in [-0.25, -0.2) is 9.69 Å². The molecular weight excluding hydrogens is 469 g/mol. The molecule has 2 aromatic carbocycles. The topological polar surface area (TPSA) is 119 Å². The molecular formula is C20H14Cl3N3O5. The molecule has 31 heavy (non-hydrogen) atoms. The fourth-order valence-corrected chi connectivity index (χ4v) is 3.61. The predicted octanol–water partition coefficient (Wildman–Crippen LogP) is 3.49. The number of ether oxygens (including phenoxy) is 1. The maximum absolute atomic E-state index is 13.0. The van der Waals surface area contributed by atoms with Crippen molar-refractivity contribution in [1.82, 2.24) is 5.32 Å². The monoisotopic (exact) mass is 481 g/mol. The number of rotatable bonds is 5. The molecule has 1 aliphatic rings. The van der Waals surface area contributed by atoms with E-state index in [2.05, 4.69) is 5.32 Å². The minimum Gasteiger partial charge on any atom is -0.481 e. The molecule has 0 aliphatic carbocycles. The average molecular weight is 483 g/mol. The number of hydrogen-bond acceptors (Lipinski definition) is 5. The largest absolute Gasteiger partial charge is 0.481 e. The fourth-order valence-electron chi connectivity index (χ4n) is 2.83. The van der Waals surface area contributed by atoms with E-state index in [1.807, 2.05) is 0 Å². The smallest absolute Gasteiger partial charge is 0.335 e. The number of amides is 5. The van der Waals surface area contributed by atoms with Crippen molar-refractivity contribution >= 4 is 70.3 Å². The second-order valence-electron chi connectivity index (χ2n) is 6.41. The van der Waals surface area contributed by atoms with Gasteiger partial charge < -0.3 is 10.5 Å². The van der Waals surface area contributed by atoms with Crippen molar-refractivity contribution in [3.63, 3.8) is 0 Å². The summed E-state index contributed by atoms with van der Waals surface area (Å²) in [6.07, 6.45) is 1.23. The Kier molecular flexibility index (Phi) is 6.54. The highest BCUT2D eigenvalue weighted by molar-refractivity contribution is 6.40. The quantitative estimate of drug-likeness (QED) is 0.499. The Hall–Kier alpha value is -3.07. The van der Waals surface area contributed by atoms with Crippen LogP contribution in [0.1, 0.15) is 11.1 Å². The Labute approximate surface area is 191 Å². The zero-order chi connectivity index (χ0) is 22.9. The molecule has 0 aromatic heterocycles. The van der Waals surface area contributed by atoms with Crippen molar-refractivity contribution in [2.24, 2.45) is 5.73 Å². The molecule has 0 spiro atoms. The molecule has 0 atom stereocenters. The average Bonchev–Trinajstić information content (AvgIpc) is 2.67. The molecule has 0 unspecified atom stereocenters. The predicted molar refractivity (Wildman–Crippen MR) is 116 cm³/mol. The summed E-state index contributed by atoms with van der Waals surface area (Å²) in [6, 6.07) is 6.58. The normalized spacial score (nSPS) is 15.3. The molecule has 11 heteroatoms. The van der Waals surface area contributed by atoms with Crippen LogP contribution < -0.4 is 20.7 Å². The molecule has 1 fully saturated rings. The van der Waals surface area contributed by atoms with Crippen molar-refractivity contribution in [2.45, 2.75) is 6.92 Å². The molecule has 3 rings (SSSR count). The Morgan fingerprint density at radius 2 is 1.77 bits per heavy atom. The number of nitrogens with one attached hydrogen (secondary N) is 1. The molecule has 1 heterocycles. The number of primary amides is 1. The number of carbonyl (C=O) groups excluding carboxylic acids is 4. The van der Waals surface area contributed by atoms with Crippen LogP contribution in [-0.4, -0.2) is 30.4 Å². The van der Waals surface area contributed by atoms with E-state index in [0.29, 0.717) is 10.6 Å². The van der Waals surface area contributed by atoms with Crippen LogP contribution in [0.2, 0.25) is 15.1 Å². The van der Waals surface area contributed by atoms with Gasteiger partial charge in [-0.05, 0) is 48.4 Å². The number of hydrogen-bond donors (Lipinski definition) is 2. The van der Waals surface area contributed by atoms with Gasteiger partial charge in [-0.15, -0.1) is 0 Å². The van der Waals surface area contributed by atoms with Crippen LogP contribution in [0.15, 0.2) is 35.9 Å². The Bertz CT molecular complexity index is 1140. The molecule has 5 amide bonds. The summed E-state index contributed by atoms with van der Waals surface area (Å²) >= 11 is 18.4. The number of nitrogens with two attached hydrogens (primary N) is 1. The summed E-state index contributed by atoms with van der Waals surface area (Å²) in [6.45, 7) is 1.21. The van der Waals surface area contributed by atoms with E-state index in [-0.39, 0.29) is 32.6 Å². The first-order valence-corrected chi connectivity index (χ1v) is 9.80. The van der Waals surface area contributed by atoms with E-state index < -0.39 is 30.4 Å². The van der Waals surface area contributed by atoms with Crippen molar-refractivity contribution in [2.75, 3.05) is 11.5 Å². The molecule has 0 saturated carbocycles. The van der Waals surface area contributed by atoms with Gasteiger partial charge in [0.1, 0.15) is 5.57 Å². The maximum Gasteiger partial charge on any atom is 0.335 e. The van der Waals surface area contributed by atoms with Crippen molar-refractivity contribution in [3.05, 3.63) is 62.1 Å². The molecule has 2 aromatic rings. The summed E-state index contributed by atoms with van der Waals surface area (Å²) in [5, 5.41) is 2.54. The zero-order valence-corrected chi connectivity index (χ0v) is 18.1. The molecule has 160 valence electrons. The number of urea groups is 1. The van der Waals surface area contributed by atoms with E-state index in [1.165, 1.54) is 24.3 Å². The van der Waals surface area contributed by atoms with Gasteiger partial charge in [-0.3, -0.25) is 19.7 Å². The van der Waals surface area contributed by atoms with Gasteiger partial charge in [0.15, 0.2) is 12.4 Å². The Balaban J connectivity index is 2.00. The van der Waals surface area contributed by atoms with E-state index in [4.69, 9.17) is 45.3 Å². The van der Waals surface area contributed by atoms with Crippen LogP contribution in [-0.2, 0) is 14.4 Å². The SMILES string of the molecule is Cc1c(Cl)cccc1N1C(=O)NC(=O)/C(=C\c2cc(Cl)c(OCC(N)=O)c(Cl)c2)C1=O. The third-order valence-corrected chi connectivity index (χ3v) is 5.24. The highest BCUT2D eigenvalue weighted by Gasteiger charge is 2.37. The van der Waals surface area contributed by atoms with Crippen LogP contribution in [0.3, 0.4) is 0 Å². The minimum absolute atomic E-state index is 0.0232. The number of benzene rings is 2. The minimum atomic E-state index is -0.899. The number of halogens is 3. The Morgan fingerprint density at radius 1 is 1.13 bits per heavy atom. The molecule has 1 saturated heterocycles. The molecule has 0 bridgehead atoms. The lowest BCUT2D eigenvalue weighted by molar-refractivity contribution is -0.123. The lowest BCUT2D eigenvalue weighted by atomic mass is 10.1. The van der Waals surface area contributed by atoms with E-state index in [9.17, 15) is 19.2 Å². The number of barbiturate groups is 1. The molecule has 3 N–H and O–H groups in total. The number of carbonyl (C=O) groups is 4. The third-order valence-electron chi connectivity index (χ3n) is 4.27. The summed E-state index contributed by atoms with van der Waals surface area (Å²) in [7, 11) is 0. The van der Waals surface area contributed by atoms with E-state index in [1.54, 1.807) is 19.1 Å². The first-order valence-electron chi connectivity index (χ1n) is 8.67. The van der Waals surface area contributed by atoms with Gasteiger partial charge >= 0.3 is 6.03 Å². The second-order valence-corrected chi connectivity index (χ2v) is 7.63. The summed E-state index contributed by atoms with van der Waals surface area (Å²) < 4.78 is 5.16. The van der Waals surface area contributed by atoms with Crippen molar-refractivity contribution < 1.29 is 23.9 Å². The zero-order valence-electron chi connectivity index (χ0n) is 15.9. The maximum atomic E-state index is 13.0. The fraction of sp³-hybridized carbons (Fsp3) is 0.100. The van der Waals surface area contributed by atoms with Gasteiger partial charge in [0, 0.05) is 5.02 Å². The molecule has 0 radical (unpaired) electrons.